The monoisotopic (exact) mass is 269 g/mol. The maximum absolute atomic E-state index is 12.9. The number of aromatic nitrogens is 2. The third kappa shape index (κ3) is 2.27. The quantitative estimate of drug-likeness (QED) is 0.871. The van der Waals surface area contributed by atoms with Crippen molar-refractivity contribution in [2.45, 2.75) is 19.8 Å². The number of hydrogen-bond donors (Lipinski definition) is 1. The average molecular weight is 269 g/mol. The summed E-state index contributed by atoms with van der Waals surface area (Å²) in [5.74, 6) is 0.195. The number of nitrogens with one attached hydrogen (secondary N) is 1. The van der Waals surface area contributed by atoms with Gasteiger partial charge < -0.3 is 5.32 Å². The lowest BCUT2D eigenvalue weighted by Gasteiger charge is -2.32. The number of piperidine rings is 1. The predicted octanol–water partition coefficient (Wildman–Crippen LogP) is 2.44. The van der Waals surface area contributed by atoms with Crippen molar-refractivity contribution >= 4 is 5.78 Å². The van der Waals surface area contributed by atoms with Crippen LogP contribution in [0.15, 0.2) is 42.6 Å². The highest BCUT2D eigenvalue weighted by Gasteiger charge is 2.36. The number of rotatable bonds is 3. The molecule has 0 radical (unpaired) electrons. The van der Waals surface area contributed by atoms with Crippen LogP contribution >= 0.6 is 0 Å². The van der Waals surface area contributed by atoms with Crippen molar-refractivity contribution in [1.29, 1.82) is 0 Å². The third-order valence-corrected chi connectivity index (χ3v) is 4.13. The average Bonchev–Trinajstić information content (AvgIpc) is 2.97. The minimum atomic E-state index is -0.280. The minimum Gasteiger partial charge on any atom is -0.317 e. The van der Waals surface area contributed by atoms with Crippen LogP contribution in [-0.2, 0) is 0 Å². The zero-order valence-electron chi connectivity index (χ0n) is 11.7. The maximum Gasteiger partial charge on any atom is 0.187 e. The highest BCUT2D eigenvalue weighted by molar-refractivity contribution is 5.99. The molecule has 0 atom stereocenters. The number of Topliss-reactive ketones (excluding diaryl/α,β-unsaturated/α-hetero) is 1. The Morgan fingerprint density at radius 3 is 2.60 bits per heavy atom. The number of para-hydroxylation sites is 1. The predicted molar refractivity (Wildman–Crippen MR) is 78.1 cm³/mol. The van der Waals surface area contributed by atoms with Gasteiger partial charge in [0, 0.05) is 5.41 Å². The summed E-state index contributed by atoms with van der Waals surface area (Å²) in [5.41, 5.74) is 1.33. The van der Waals surface area contributed by atoms with Gasteiger partial charge in [-0.2, -0.15) is 5.10 Å². The Bertz CT molecular complexity index is 597. The van der Waals surface area contributed by atoms with Gasteiger partial charge >= 0.3 is 0 Å². The summed E-state index contributed by atoms with van der Waals surface area (Å²) < 4.78 is 1.75. The van der Waals surface area contributed by atoms with Crippen molar-refractivity contribution in [3.05, 3.63) is 48.3 Å². The lowest BCUT2D eigenvalue weighted by atomic mass is 9.76. The Balaban J connectivity index is 1.95. The smallest absolute Gasteiger partial charge is 0.187 e. The van der Waals surface area contributed by atoms with Gasteiger partial charge in [-0.05, 0) is 44.1 Å². The number of nitrogens with zero attached hydrogens (tertiary/aromatic N) is 2. The Morgan fingerprint density at radius 2 is 1.90 bits per heavy atom. The molecule has 1 N–H and O–H groups in total. The van der Waals surface area contributed by atoms with Crippen molar-refractivity contribution in [2.75, 3.05) is 13.1 Å². The van der Waals surface area contributed by atoms with Crippen LogP contribution in [0.2, 0.25) is 0 Å². The molecule has 104 valence electrons. The van der Waals surface area contributed by atoms with Crippen LogP contribution in [-0.4, -0.2) is 28.7 Å². The Hall–Kier alpha value is -1.94. The zero-order chi connectivity index (χ0) is 14.0. The van der Waals surface area contributed by atoms with Crippen LogP contribution in [0.3, 0.4) is 0 Å². The highest BCUT2D eigenvalue weighted by atomic mass is 16.1. The molecular weight excluding hydrogens is 250 g/mol. The van der Waals surface area contributed by atoms with E-state index in [9.17, 15) is 4.79 Å². The van der Waals surface area contributed by atoms with Crippen LogP contribution in [0.25, 0.3) is 5.69 Å². The summed E-state index contributed by atoms with van der Waals surface area (Å²) in [6.45, 7) is 3.88. The molecule has 0 saturated carbocycles. The van der Waals surface area contributed by atoms with Crippen molar-refractivity contribution in [3.8, 4) is 5.69 Å². The summed E-state index contributed by atoms with van der Waals surface area (Å²) >= 11 is 0. The summed E-state index contributed by atoms with van der Waals surface area (Å²) in [6.07, 6.45) is 3.46. The van der Waals surface area contributed by atoms with E-state index in [2.05, 4.69) is 17.3 Å². The number of carbonyl (C=O) groups is 1. The van der Waals surface area contributed by atoms with E-state index >= 15 is 0 Å². The van der Waals surface area contributed by atoms with E-state index in [1.165, 1.54) is 0 Å². The fourth-order valence-corrected chi connectivity index (χ4v) is 2.77. The molecule has 0 amide bonds. The van der Waals surface area contributed by atoms with Gasteiger partial charge in [0.15, 0.2) is 5.78 Å². The molecule has 2 heterocycles. The van der Waals surface area contributed by atoms with Crippen LogP contribution in [0.1, 0.15) is 30.3 Å². The van der Waals surface area contributed by atoms with Gasteiger partial charge in [0.2, 0.25) is 0 Å². The van der Waals surface area contributed by atoms with E-state index in [-0.39, 0.29) is 11.2 Å². The first-order valence-corrected chi connectivity index (χ1v) is 7.06. The molecule has 1 saturated heterocycles. The van der Waals surface area contributed by atoms with Gasteiger partial charge in [0.05, 0.1) is 11.9 Å². The van der Waals surface area contributed by atoms with Crippen LogP contribution in [0.5, 0.6) is 0 Å². The van der Waals surface area contributed by atoms with E-state index in [0.29, 0.717) is 5.69 Å². The number of ketones is 1. The molecule has 0 unspecified atom stereocenters. The molecule has 4 nitrogen and oxygen atoms in total. The van der Waals surface area contributed by atoms with Crippen LogP contribution < -0.4 is 5.32 Å². The molecule has 0 bridgehead atoms. The number of benzene rings is 1. The summed E-state index contributed by atoms with van der Waals surface area (Å²) in [7, 11) is 0. The van der Waals surface area contributed by atoms with Gasteiger partial charge in [-0.15, -0.1) is 0 Å². The van der Waals surface area contributed by atoms with Crippen LogP contribution in [0, 0.1) is 5.41 Å². The molecule has 1 aliphatic rings. The molecule has 1 aromatic carbocycles. The van der Waals surface area contributed by atoms with E-state index < -0.39 is 0 Å². The first-order chi connectivity index (χ1) is 9.71. The summed E-state index contributed by atoms with van der Waals surface area (Å²) in [5, 5.41) is 7.63. The molecule has 0 aliphatic carbocycles. The summed E-state index contributed by atoms with van der Waals surface area (Å²) in [4.78, 5) is 12.9. The second kappa shape index (κ2) is 5.21. The molecule has 4 heteroatoms. The molecule has 0 spiro atoms. The molecule has 3 rings (SSSR count). The van der Waals surface area contributed by atoms with Gasteiger partial charge in [-0.25, -0.2) is 4.68 Å². The largest absolute Gasteiger partial charge is 0.317 e. The topological polar surface area (TPSA) is 46.9 Å². The van der Waals surface area contributed by atoms with E-state index in [4.69, 9.17) is 0 Å². The van der Waals surface area contributed by atoms with Crippen LogP contribution in [0.4, 0.5) is 0 Å². The molecule has 1 aromatic heterocycles. The Morgan fingerprint density at radius 1 is 1.20 bits per heavy atom. The van der Waals surface area contributed by atoms with E-state index in [1.54, 1.807) is 10.9 Å². The minimum absolute atomic E-state index is 0.195. The number of hydrogen-bond acceptors (Lipinski definition) is 3. The lowest BCUT2D eigenvalue weighted by molar-refractivity contribution is 0.0753. The maximum atomic E-state index is 12.9. The third-order valence-electron chi connectivity index (χ3n) is 4.13. The molecule has 1 fully saturated rings. The Kier molecular flexibility index (Phi) is 3.40. The van der Waals surface area contributed by atoms with E-state index in [0.717, 1.165) is 31.6 Å². The molecule has 1 aliphatic heterocycles. The number of carbonyl (C=O) groups excluding carboxylic acids is 1. The first-order valence-electron chi connectivity index (χ1n) is 7.06. The van der Waals surface area contributed by atoms with E-state index in [1.807, 2.05) is 36.4 Å². The van der Waals surface area contributed by atoms with Gasteiger partial charge in [0.1, 0.15) is 5.69 Å². The standard InChI is InChI=1S/C16H19N3O/c1-16(8-11-17-12-9-16)15(20)14-7-10-18-19(14)13-5-3-2-4-6-13/h2-7,10,17H,8-9,11-12H2,1H3. The molecular formula is C16H19N3O. The second-order valence-electron chi connectivity index (χ2n) is 5.60. The molecule has 2 aromatic rings. The van der Waals surface area contributed by atoms with Crippen molar-refractivity contribution in [1.82, 2.24) is 15.1 Å². The fourth-order valence-electron chi connectivity index (χ4n) is 2.77. The van der Waals surface area contributed by atoms with Gasteiger partial charge in [-0.3, -0.25) is 4.79 Å². The normalized spacial score (nSPS) is 17.9. The zero-order valence-corrected chi connectivity index (χ0v) is 11.7. The first kappa shape index (κ1) is 13.1. The highest BCUT2D eigenvalue weighted by Crippen LogP contribution is 2.32. The van der Waals surface area contributed by atoms with Crippen molar-refractivity contribution < 1.29 is 4.79 Å². The summed E-state index contributed by atoms with van der Waals surface area (Å²) in [6, 6.07) is 11.6. The molecule has 20 heavy (non-hydrogen) atoms. The Labute approximate surface area is 118 Å². The van der Waals surface area contributed by atoms with Gasteiger partial charge in [0.25, 0.3) is 0 Å². The van der Waals surface area contributed by atoms with Crippen molar-refractivity contribution in [3.63, 3.8) is 0 Å². The second-order valence-corrected chi connectivity index (χ2v) is 5.60. The van der Waals surface area contributed by atoms with Gasteiger partial charge in [-0.1, -0.05) is 25.1 Å². The SMILES string of the molecule is CC1(C(=O)c2ccnn2-c2ccccc2)CCNCC1. The van der Waals surface area contributed by atoms with Crippen molar-refractivity contribution in [2.24, 2.45) is 5.41 Å². The lowest BCUT2D eigenvalue weighted by Crippen LogP contribution is -2.40. The fraction of sp³-hybridized carbons (Fsp3) is 0.375.